The monoisotopic (exact) mass is 485 g/mol. The first kappa shape index (κ1) is 23.4. The van der Waals surface area contributed by atoms with Gasteiger partial charge in [-0.15, -0.1) is 0 Å². The number of imide groups is 1. The standard InChI is InChI=1S/C28H27N3O5/c1-35-23-11-7-21(8-12-23)28(22-9-13-24(36-2)14-10-22)26(33)31(27(34)29-28)18-25(32)30-16-15-19-5-3-4-6-20(19)17-30/h3-14H,15-18H2,1-2H3,(H,29,34). The molecule has 0 aliphatic carbocycles. The molecule has 0 atom stereocenters. The van der Waals surface area contributed by atoms with E-state index in [1.807, 2.05) is 18.2 Å². The van der Waals surface area contributed by atoms with E-state index < -0.39 is 17.5 Å². The van der Waals surface area contributed by atoms with Crippen molar-refractivity contribution in [2.75, 3.05) is 27.3 Å². The van der Waals surface area contributed by atoms with Crippen LogP contribution in [0.4, 0.5) is 4.79 Å². The van der Waals surface area contributed by atoms with E-state index >= 15 is 0 Å². The molecule has 8 heteroatoms. The van der Waals surface area contributed by atoms with Gasteiger partial charge in [0.05, 0.1) is 14.2 Å². The Bertz CT molecular complexity index is 1260. The summed E-state index contributed by atoms with van der Waals surface area (Å²) >= 11 is 0. The summed E-state index contributed by atoms with van der Waals surface area (Å²) in [6.07, 6.45) is 0.740. The molecule has 1 saturated heterocycles. The number of hydrogen-bond donors (Lipinski definition) is 1. The van der Waals surface area contributed by atoms with Crippen LogP contribution in [0.5, 0.6) is 11.5 Å². The molecule has 0 bridgehead atoms. The van der Waals surface area contributed by atoms with E-state index in [0.29, 0.717) is 35.7 Å². The Morgan fingerprint density at radius 3 is 1.97 bits per heavy atom. The lowest BCUT2D eigenvalue weighted by Gasteiger charge is -2.30. The van der Waals surface area contributed by atoms with Gasteiger partial charge in [0.25, 0.3) is 5.91 Å². The molecule has 2 heterocycles. The topological polar surface area (TPSA) is 88.2 Å². The molecule has 3 aromatic carbocycles. The van der Waals surface area contributed by atoms with E-state index in [0.717, 1.165) is 16.9 Å². The van der Waals surface area contributed by atoms with E-state index in [2.05, 4.69) is 11.4 Å². The molecule has 8 nitrogen and oxygen atoms in total. The number of fused-ring (bicyclic) bond motifs is 1. The fourth-order valence-corrected chi connectivity index (χ4v) is 4.90. The molecule has 4 amide bonds. The van der Waals surface area contributed by atoms with Crippen LogP contribution in [0.15, 0.2) is 72.8 Å². The first-order valence-corrected chi connectivity index (χ1v) is 11.7. The zero-order valence-corrected chi connectivity index (χ0v) is 20.2. The summed E-state index contributed by atoms with van der Waals surface area (Å²) in [7, 11) is 3.12. The van der Waals surface area contributed by atoms with Crippen molar-refractivity contribution in [2.45, 2.75) is 18.5 Å². The van der Waals surface area contributed by atoms with E-state index in [4.69, 9.17) is 9.47 Å². The second-order valence-corrected chi connectivity index (χ2v) is 8.86. The normalized spacial score (nSPS) is 16.4. The average Bonchev–Trinajstić information content (AvgIpc) is 3.18. The highest BCUT2D eigenvalue weighted by Gasteiger charge is 2.54. The average molecular weight is 486 g/mol. The first-order valence-electron chi connectivity index (χ1n) is 11.7. The Labute approximate surface area is 209 Å². The van der Waals surface area contributed by atoms with Crippen molar-refractivity contribution in [3.63, 3.8) is 0 Å². The molecule has 0 unspecified atom stereocenters. The molecule has 1 N–H and O–H groups in total. The Hall–Kier alpha value is -4.33. The lowest BCUT2D eigenvalue weighted by Crippen LogP contribution is -2.47. The molecule has 0 saturated carbocycles. The molecule has 0 aromatic heterocycles. The van der Waals surface area contributed by atoms with E-state index in [1.165, 1.54) is 5.56 Å². The summed E-state index contributed by atoms with van der Waals surface area (Å²) in [6.45, 7) is 0.670. The summed E-state index contributed by atoms with van der Waals surface area (Å²) in [4.78, 5) is 43.1. The molecule has 5 rings (SSSR count). The quantitative estimate of drug-likeness (QED) is 0.542. The van der Waals surface area contributed by atoms with Crippen molar-refractivity contribution in [1.29, 1.82) is 0 Å². The number of carbonyl (C=O) groups is 3. The molecule has 1 fully saturated rings. The van der Waals surface area contributed by atoms with Crippen LogP contribution in [0.25, 0.3) is 0 Å². The number of hydrogen-bond acceptors (Lipinski definition) is 5. The van der Waals surface area contributed by atoms with Gasteiger partial charge in [-0.25, -0.2) is 4.79 Å². The molecule has 184 valence electrons. The maximum Gasteiger partial charge on any atom is 0.326 e. The third kappa shape index (κ3) is 3.94. The van der Waals surface area contributed by atoms with Gasteiger partial charge in [-0.2, -0.15) is 0 Å². The fraction of sp³-hybridized carbons (Fsp3) is 0.250. The third-order valence-corrected chi connectivity index (χ3v) is 6.93. The summed E-state index contributed by atoms with van der Waals surface area (Å²) in [5.41, 5.74) is 1.95. The highest BCUT2D eigenvalue weighted by atomic mass is 16.5. The molecule has 0 spiro atoms. The predicted molar refractivity (Wildman–Crippen MR) is 133 cm³/mol. The minimum absolute atomic E-state index is 0.270. The number of rotatable bonds is 6. The second kappa shape index (κ2) is 9.37. The number of benzene rings is 3. The Morgan fingerprint density at radius 1 is 0.861 bits per heavy atom. The number of carbonyl (C=O) groups excluding carboxylic acids is 3. The van der Waals surface area contributed by atoms with Crippen LogP contribution < -0.4 is 14.8 Å². The van der Waals surface area contributed by atoms with Crippen LogP contribution >= 0.6 is 0 Å². The van der Waals surface area contributed by atoms with Crippen molar-refractivity contribution in [2.24, 2.45) is 0 Å². The highest BCUT2D eigenvalue weighted by molar-refractivity contribution is 6.11. The number of nitrogens with one attached hydrogen (secondary N) is 1. The highest BCUT2D eigenvalue weighted by Crippen LogP contribution is 2.37. The van der Waals surface area contributed by atoms with Crippen LogP contribution in [-0.2, 0) is 28.1 Å². The number of nitrogens with zero attached hydrogens (tertiary/aromatic N) is 2. The number of urea groups is 1. The minimum Gasteiger partial charge on any atom is -0.497 e. The van der Waals surface area contributed by atoms with Gasteiger partial charge >= 0.3 is 6.03 Å². The summed E-state index contributed by atoms with van der Waals surface area (Å²) in [6, 6.07) is 21.3. The SMILES string of the molecule is COc1ccc(C2(c3ccc(OC)cc3)NC(=O)N(CC(=O)N3CCc4ccccc4C3)C2=O)cc1. The molecule has 36 heavy (non-hydrogen) atoms. The largest absolute Gasteiger partial charge is 0.497 e. The Balaban J connectivity index is 1.46. The first-order chi connectivity index (χ1) is 17.5. The van der Waals surface area contributed by atoms with Crippen LogP contribution in [0.3, 0.4) is 0 Å². The van der Waals surface area contributed by atoms with Crippen LogP contribution in [0, 0.1) is 0 Å². The van der Waals surface area contributed by atoms with E-state index in [-0.39, 0.29) is 12.5 Å². The lowest BCUT2D eigenvalue weighted by atomic mass is 9.82. The molecule has 3 aromatic rings. The number of ether oxygens (including phenoxy) is 2. The van der Waals surface area contributed by atoms with Crippen molar-refractivity contribution in [3.05, 3.63) is 95.1 Å². The van der Waals surface area contributed by atoms with Gasteiger partial charge in [0.2, 0.25) is 5.91 Å². The third-order valence-electron chi connectivity index (χ3n) is 6.93. The van der Waals surface area contributed by atoms with Crippen LogP contribution in [-0.4, -0.2) is 55.0 Å². The number of methoxy groups -OCH3 is 2. The van der Waals surface area contributed by atoms with Crippen molar-refractivity contribution in [1.82, 2.24) is 15.1 Å². The second-order valence-electron chi connectivity index (χ2n) is 8.86. The van der Waals surface area contributed by atoms with Crippen LogP contribution in [0.1, 0.15) is 22.3 Å². The molecule has 2 aliphatic heterocycles. The van der Waals surface area contributed by atoms with E-state index in [9.17, 15) is 14.4 Å². The van der Waals surface area contributed by atoms with Crippen molar-refractivity contribution >= 4 is 17.8 Å². The minimum atomic E-state index is -1.48. The lowest BCUT2D eigenvalue weighted by molar-refractivity contribution is -0.139. The Morgan fingerprint density at radius 2 is 1.42 bits per heavy atom. The predicted octanol–water partition coefficient (Wildman–Crippen LogP) is 3.08. The maximum atomic E-state index is 14.0. The van der Waals surface area contributed by atoms with Gasteiger partial charge in [0.15, 0.2) is 5.54 Å². The Kier molecular flexibility index (Phi) is 6.10. The smallest absolute Gasteiger partial charge is 0.326 e. The molecular weight excluding hydrogens is 458 g/mol. The fourth-order valence-electron chi connectivity index (χ4n) is 4.90. The zero-order chi connectivity index (χ0) is 25.3. The number of amides is 4. The summed E-state index contributed by atoms with van der Waals surface area (Å²) < 4.78 is 10.5. The maximum absolute atomic E-state index is 14.0. The van der Waals surface area contributed by atoms with Crippen LogP contribution in [0.2, 0.25) is 0 Å². The zero-order valence-electron chi connectivity index (χ0n) is 20.2. The summed E-state index contributed by atoms with van der Waals surface area (Å²) in [5.74, 6) is 0.470. The van der Waals surface area contributed by atoms with Gasteiger partial charge in [0, 0.05) is 13.1 Å². The van der Waals surface area contributed by atoms with Gasteiger partial charge in [0.1, 0.15) is 18.0 Å². The molecular formula is C28H27N3O5. The molecule has 0 radical (unpaired) electrons. The van der Waals surface area contributed by atoms with Crippen molar-refractivity contribution in [3.8, 4) is 11.5 Å². The summed E-state index contributed by atoms with van der Waals surface area (Å²) in [5, 5.41) is 2.88. The van der Waals surface area contributed by atoms with E-state index in [1.54, 1.807) is 67.7 Å². The van der Waals surface area contributed by atoms with Gasteiger partial charge in [-0.3, -0.25) is 14.5 Å². The molecule has 2 aliphatic rings. The van der Waals surface area contributed by atoms with Gasteiger partial charge in [-0.1, -0.05) is 48.5 Å². The van der Waals surface area contributed by atoms with Gasteiger partial charge in [-0.05, 0) is 52.9 Å². The van der Waals surface area contributed by atoms with Gasteiger partial charge < -0.3 is 19.7 Å². The van der Waals surface area contributed by atoms with Crippen molar-refractivity contribution < 1.29 is 23.9 Å².